The Balaban J connectivity index is 1.59. The van der Waals surface area contributed by atoms with Crippen molar-refractivity contribution in [3.05, 3.63) is 51.2 Å². The molecule has 0 spiro atoms. The highest BCUT2D eigenvalue weighted by Crippen LogP contribution is 2.22. The van der Waals surface area contributed by atoms with Crippen LogP contribution in [-0.2, 0) is 13.1 Å². The lowest BCUT2D eigenvalue weighted by atomic mass is 10.3. The Morgan fingerprint density at radius 2 is 2.14 bits per heavy atom. The van der Waals surface area contributed by atoms with E-state index in [4.69, 9.17) is 0 Å². The van der Waals surface area contributed by atoms with E-state index < -0.39 is 0 Å². The van der Waals surface area contributed by atoms with Gasteiger partial charge < -0.3 is 10.2 Å². The smallest absolute Gasteiger partial charge is 0.317 e. The summed E-state index contributed by atoms with van der Waals surface area (Å²) in [5.74, 6) is 0. The van der Waals surface area contributed by atoms with Crippen molar-refractivity contribution in [2.24, 2.45) is 0 Å². The first-order chi connectivity index (χ1) is 10.6. The summed E-state index contributed by atoms with van der Waals surface area (Å²) in [5, 5.41) is 5.95. The van der Waals surface area contributed by atoms with Crippen LogP contribution in [0.25, 0.3) is 10.2 Å². The average molecular weight is 331 g/mol. The van der Waals surface area contributed by atoms with Gasteiger partial charge in [0.25, 0.3) is 0 Å². The number of hydrogen-bond acceptors (Lipinski definition) is 4. The van der Waals surface area contributed by atoms with Gasteiger partial charge in [-0.05, 0) is 36.1 Å². The van der Waals surface area contributed by atoms with Crippen LogP contribution in [-0.4, -0.2) is 23.0 Å². The highest BCUT2D eigenvalue weighted by Gasteiger charge is 2.12. The fourth-order valence-corrected chi connectivity index (χ4v) is 4.01. The Morgan fingerprint density at radius 3 is 2.86 bits per heavy atom. The second-order valence-corrected chi connectivity index (χ2v) is 7.23. The monoisotopic (exact) mass is 331 g/mol. The molecule has 0 bridgehead atoms. The maximum absolute atomic E-state index is 12.2. The summed E-state index contributed by atoms with van der Waals surface area (Å²) in [6.07, 6.45) is 0. The number of fused-ring (bicyclic) bond motifs is 1. The fraction of sp³-hybridized carbons (Fsp3) is 0.250. The Hall–Kier alpha value is -1.92. The number of carbonyl (C=O) groups is 1. The lowest BCUT2D eigenvalue weighted by Gasteiger charge is -2.16. The predicted molar refractivity (Wildman–Crippen MR) is 92.4 cm³/mol. The lowest BCUT2D eigenvalue weighted by molar-refractivity contribution is 0.206. The number of aryl methyl sites for hydroxylation is 1. The Bertz CT molecular complexity index is 760. The molecule has 22 heavy (non-hydrogen) atoms. The van der Waals surface area contributed by atoms with E-state index in [1.165, 1.54) is 10.4 Å². The minimum absolute atomic E-state index is 0.0768. The molecular formula is C16H17N3OS2. The zero-order valence-corrected chi connectivity index (χ0v) is 14.1. The first kappa shape index (κ1) is 15.0. The van der Waals surface area contributed by atoms with Crippen molar-refractivity contribution in [1.29, 1.82) is 0 Å². The van der Waals surface area contributed by atoms with Crippen LogP contribution in [0.15, 0.2) is 35.7 Å². The van der Waals surface area contributed by atoms with Crippen molar-refractivity contribution < 1.29 is 4.79 Å². The molecule has 4 nitrogen and oxygen atoms in total. The molecule has 0 saturated heterocycles. The van der Waals surface area contributed by atoms with Crippen molar-refractivity contribution in [2.45, 2.75) is 20.0 Å². The summed E-state index contributed by atoms with van der Waals surface area (Å²) >= 11 is 3.30. The van der Waals surface area contributed by atoms with E-state index in [1.54, 1.807) is 34.6 Å². The molecule has 114 valence electrons. The Labute approximate surface area is 137 Å². The molecule has 0 aliphatic rings. The lowest BCUT2D eigenvalue weighted by Crippen LogP contribution is -2.36. The first-order valence-electron chi connectivity index (χ1n) is 7.00. The molecule has 1 aromatic carbocycles. The molecule has 3 aromatic rings. The Morgan fingerprint density at radius 1 is 1.32 bits per heavy atom. The first-order valence-corrected chi connectivity index (χ1v) is 8.69. The van der Waals surface area contributed by atoms with Crippen molar-refractivity contribution in [1.82, 2.24) is 15.2 Å². The molecule has 0 saturated carbocycles. The van der Waals surface area contributed by atoms with Gasteiger partial charge in [0.05, 0.1) is 23.3 Å². The number of hydrogen-bond donors (Lipinski definition) is 1. The number of nitrogens with one attached hydrogen (secondary N) is 1. The minimum atomic E-state index is -0.0768. The van der Waals surface area contributed by atoms with Crippen LogP contribution in [0.5, 0.6) is 0 Å². The van der Waals surface area contributed by atoms with Crippen LogP contribution in [0.3, 0.4) is 0 Å². The zero-order chi connectivity index (χ0) is 15.5. The van der Waals surface area contributed by atoms with Gasteiger partial charge in [-0.15, -0.1) is 22.7 Å². The molecule has 0 fully saturated rings. The maximum Gasteiger partial charge on any atom is 0.317 e. The number of urea groups is 1. The molecular weight excluding hydrogens is 314 g/mol. The number of aromatic nitrogens is 1. The van der Waals surface area contributed by atoms with Gasteiger partial charge in [-0.3, -0.25) is 0 Å². The third kappa shape index (κ3) is 3.28. The quantitative estimate of drug-likeness (QED) is 0.785. The SMILES string of the molecule is Cc1ccsc1CNC(=O)N(C)Cc1nc2ccccc2s1. The van der Waals surface area contributed by atoms with Crippen LogP contribution >= 0.6 is 22.7 Å². The van der Waals surface area contributed by atoms with Crippen LogP contribution in [0.2, 0.25) is 0 Å². The van der Waals surface area contributed by atoms with E-state index >= 15 is 0 Å². The molecule has 0 atom stereocenters. The maximum atomic E-state index is 12.2. The molecule has 0 unspecified atom stereocenters. The van der Waals surface area contributed by atoms with Crippen LogP contribution in [0.1, 0.15) is 15.4 Å². The molecule has 3 rings (SSSR count). The number of nitrogens with zero attached hydrogens (tertiary/aromatic N) is 2. The van der Waals surface area contributed by atoms with E-state index in [9.17, 15) is 4.79 Å². The summed E-state index contributed by atoms with van der Waals surface area (Å²) in [4.78, 5) is 19.6. The van der Waals surface area contributed by atoms with Crippen LogP contribution < -0.4 is 5.32 Å². The van der Waals surface area contributed by atoms with Crippen molar-refractivity contribution in [2.75, 3.05) is 7.05 Å². The Kier molecular flexibility index (Phi) is 4.40. The molecule has 0 radical (unpaired) electrons. The molecule has 6 heteroatoms. The number of carbonyl (C=O) groups excluding carboxylic acids is 1. The normalized spacial score (nSPS) is 10.8. The number of thiophene rings is 1. The van der Waals surface area contributed by atoms with E-state index in [0.717, 1.165) is 15.2 Å². The number of para-hydroxylation sites is 1. The van der Waals surface area contributed by atoms with E-state index in [-0.39, 0.29) is 6.03 Å². The molecule has 2 heterocycles. The summed E-state index contributed by atoms with van der Waals surface area (Å²) in [6.45, 7) is 3.16. The van der Waals surface area contributed by atoms with Crippen molar-refractivity contribution in [3.63, 3.8) is 0 Å². The van der Waals surface area contributed by atoms with E-state index in [2.05, 4.69) is 29.4 Å². The number of thiazole rings is 1. The third-order valence-corrected chi connectivity index (χ3v) is 5.47. The standard InChI is InChI=1S/C16H17N3OS2/c1-11-7-8-21-14(11)9-17-16(20)19(2)10-15-18-12-5-3-4-6-13(12)22-15/h3-8H,9-10H2,1-2H3,(H,17,20). The number of benzene rings is 1. The van der Waals surface area contributed by atoms with E-state index in [1.807, 2.05) is 23.6 Å². The van der Waals surface area contributed by atoms with Gasteiger partial charge in [0, 0.05) is 11.9 Å². The van der Waals surface area contributed by atoms with Crippen molar-refractivity contribution in [3.8, 4) is 0 Å². The molecule has 2 amide bonds. The average Bonchev–Trinajstić information content (AvgIpc) is 3.10. The zero-order valence-electron chi connectivity index (χ0n) is 12.5. The minimum Gasteiger partial charge on any atom is -0.333 e. The van der Waals surface area contributed by atoms with Gasteiger partial charge in [-0.2, -0.15) is 0 Å². The van der Waals surface area contributed by atoms with Gasteiger partial charge in [0.1, 0.15) is 5.01 Å². The van der Waals surface area contributed by atoms with Crippen LogP contribution in [0, 0.1) is 6.92 Å². The highest BCUT2D eigenvalue weighted by atomic mass is 32.1. The van der Waals surface area contributed by atoms with Gasteiger partial charge >= 0.3 is 6.03 Å². The highest BCUT2D eigenvalue weighted by molar-refractivity contribution is 7.18. The molecule has 0 aliphatic heterocycles. The van der Waals surface area contributed by atoms with Gasteiger partial charge in [-0.1, -0.05) is 12.1 Å². The molecule has 1 N–H and O–H groups in total. The third-order valence-electron chi connectivity index (χ3n) is 3.43. The van der Waals surface area contributed by atoms with Crippen molar-refractivity contribution >= 4 is 38.9 Å². The number of amides is 2. The summed E-state index contributed by atoms with van der Waals surface area (Å²) < 4.78 is 1.15. The largest absolute Gasteiger partial charge is 0.333 e. The van der Waals surface area contributed by atoms with Gasteiger partial charge in [-0.25, -0.2) is 9.78 Å². The summed E-state index contributed by atoms with van der Waals surface area (Å²) in [7, 11) is 1.79. The van der Waals surface area contributed by atoms with Gasteiger partial charge in [0.2, 0.25) is 0 Å². The van der Waals surface area contributed by atoms with Crippen LogP contribution in [0.4, 0.5) is 4.79 Å². The second-order valence-electron chi connectivity index (χ2n) is 5.12. The second kappa shape index (κ2) is 6.46. The van der Waals surface area contributed by atoms with E-state index in [0.29, 0.717) is 13.1 Å². The molecule has 2 aromatic heterocycles. The topological polar surface area (TPSA) is 45.2 Å². The summed E-state index contributed by atoms with van der Waals surface area (Å²) in [5.41, 5.74) is 2.21. The summed E-state index contributed by atoms with van der Waals surface area (Å²) in [6, 6.07) is 10.0. The predicted octanol–water partition coefficient (Wildman–Crippen LogP) is 4.01. The molecule has 0 aliphatic carbocycles. The number of rotatable bonds is 4. The fourth-order valence-electron chi connectivity index (χ4n) is 2.14. The van der Waals surface area contributed by atoms with Gasteiger partial charge in [0.15, 0.2) is 0 Å².